The Hall–Kier alpha value is -1.81. The number of hydrogen-bond acceptors (Lipinski definition) is 3. The summed E-state index contributed by atoms with van der Waals surface area (Å²) in [5, 5.41) is 7.52. The van der Waals surface area contributed by atoms with Gasteiger partial charge in [-0.3, -0.25) is 4.79 Å². The number of unbranched alkanes of at least 4 members (excludes halogenated alkanes) is 4. The fourth-order valence-electron chi connectivity index (χ4n) is 2.50. The van der Waals surface area contributed by atoms with Crippen molar-refractivity contribution < 1.29 is 9.32 Å². The highest BCUT2D eigenvalue weighted by Gasteiger charge is 2.22. The molecule has 124 valence electrons. The molecule has 2 aromatic rings. The molecule has 0 spiro atoms. The molecule has 5 heteroatoms. The van der Waals surface area contributed by atoms with Crippen LogP contribution in [0.1, 0.15) is 55.1 Å². The van der Waals surface area contributed by atoms with Crippen molar-refractivity contribution in [2.45, 2.75) is 46.0 Å². The molecule has 4 nitrogen and oxygen atoms in total. The molecule has 0 radical (unpaired) electrons. The Labute approximate surface area is 142 Å². The van der Waals surface area contributed by atoms with Crippen molar-refractivity contribution in [1.29, 1.82) is 0 Å². The van der Waals surface area contributed by atoms with Gasteiger partial charge >= 0.3 is 0 Å². The molecule has 0 atom stereocenters. The van der Waals surface area contributed by atoms with Gasteiger partial charge in [0.05, 0.1) is 5.02 Å². The Morgan fingerprint density at radius 1 is 1.22 bits per heavy atom. The highest BCUT2D eigenvalue weighted by molar-refractivity contribution is 6.33. The number of carbonyl (C=O) groups excluding carboxylic acids is 1. The fourth-order valence-corrected chi connectivity index (χ4v) is 2.72. The van der Waals surface area contributed by atoms with E-state index in [9.17, 15) is 4.79 Å². The number of rotatable bonds is 8. The van der Waals surface area contributed by atoms with Gasteiger partial charge in [0, 0.05) is 12.1 Å². The molecule has 2 rings (SSSR count). The third-order valence-corrected chi connectivity index (χ3v) is 4.11. The second-order valence-electron chi connectivity index (χ2n) is 5.61. The maximum absolute atomic E-state index is 12.5. The van der Waals surface area contributed by atoms with E-state index >= 15 is 0 Å². The van der Waals surface area contributed by atoms with Gasteiger partial charge in [0.15, 0.2) is 0 Å². The van der Waals surface area contributed by atoms with Gasteiger partial charge in [-0.05, 0) is 19.4 Å². The topological polar surface area (TPSA) is 55.1 Å². The lowest BCUT2D eigenvalue weighted by Gasteiger charge is -2.06. The second kappa shape index (κ2) is 8.73. The van der Waals surface area contributed by atoms with E-state index in [1.165, 1.54) is 19.3 Å². The average Bonchev–Trinajstić information content (AvgIpc) is 2.92. The molecular formula is C18H23ClN2O2. The molecular weight excluding hydrogens is 312 g/mol. The monoisotopic (exact) mass is 334 g/mol. The van der Waals surface area contributed by atoms with E-state index in [0.29, 0.717) is 34.1 Å². The summed E-state index contributed by atoms with van der Waals surface area (Å²) in [5.74, 6) is 0.345. The first-order chi connectivity index (χ1) is 11.1. The van der Waals surface area contributed by atoms with E-state index in [-0.39, 0.29) is 5.91 Å². The van der Waals surface area contributed by atoms with Crippen LogP contribution in [0.3, 0.4) is 0 Å². The molecule has 1 N–H and O–H groups in total. The van der Waals surface area contributed by atoms with Gasteiger partial charge in [-0.1, -0.05) is 67.6 Å². The predicted octanol–water partition coefficient (Wildman–Crippen LogP) is 5.00. The summed E-state index contributed by atoms with van der Waals surface area (Å²) >= 11 is 6.21. The number of nitrogens with one attached hydrogen (secondary N) is 1. The van der Waals surface area contributed by atoms with Crippen molar-refractivity contribution in [2.75, 3.05) is 6.54 Å². The standard InChI is InChI=1S/C18H23ClN2O2/c1-3-4-5-6-9-12-20-18(22)16-13(2)23-21-17(16)14-10-7-8-11-15(14)19/h7-8,10-11H,3-6,9,12H2,1-2H3,(H,20,22). The molecule has 0 fully saturated rings. The first-order valence-electron chi connectivity index (χ1n) is 8.14. The number of aryl methyl sites for hydroxylation is 1. The quantitative estimate of drug-likeness (QED) is 0.691. The zero-order valence-electron chi connectivity index (χ0n) is 13.7. The minimum Gasteiger partial charge on any atom is -0.360 e. The lowest BCUT2D eigenvalue weighted by molar-refractivity contribution is 0.0952. The zero-order chi connectivity index (χ0) is 16.7. The van der Waals surface area contributed by atoms with Gasteiger partial charge in [0.25, 0.3) is 5.91 Å². The first kappa shape index (κ1) is 17.5. The van der Waals surface area contributed by atoms with E-state index in [1.54, 1.807) is 13.0 Å². The van der Waals surface area contributed by atoms with E-state index in [0.717, 1.165) is 12.8 Å². The summed E-state index contributed by atoms with van der Waals surface area (Å²) in [4.78, 5) is 12.5. The molecule has 1 amide bonds. The summed E-state index contributed by atoms with van der Waals surface area (Å²) in [6.07, 6.45) is 5.79. The van der Waals surface area contributed by atoms with Crippen molar-refractivity contribution in [2.24, 2.45) is 0 Å². The Morgan fingerprint density at radius 3 is 2.70 bits per heavy atom. The van der Waals surface area contributed by atoms with Crippen molar-refractivity contribution in [1.82, 2.24) is 10.5 Å². The number of halogens is 1. The van der Waals surface area contributed by atoms with Gasteiger partial charge in [-0.25, -0.2) is 0 Å². The molecule has 0 bridgehead atoms. The SMILES string of the molecule is CCCCCCCNC(=O)c1c(-c2ccccc2Cl)noc1C. The van der Waals surface area contributed by atoms with Crippen LogP contribution in [0.15, 0.2) is 28.8 Å². The van der Waals surface area contributed by atoms with Gasteiger partial charge in [-0.15, -0.1) is 0 Å². The molecule has 0 aliphatic heterocycles. The maximum Gasteiger partial charge on any atom is 0.257 e. The zero-order valence-corrected chi connectivity index (χ0v) is 14.4. The Kier molecular flexibility index (Phi) is 6.66. The van der Waals surface area contributed by atoms with Crippen LogP contribution in [0.5, 0.6) is 0 Å². The number of carbonyl (C=O) groups is 1. The lowest BCUT2D eigenvalue weighted by atomic mass is 10.1. The van der Waals surface area contributed by atoms with Crippen LogP contribution < -0.4 is 5.32 Å². The largest absolute Gasteiger partial charge is 0.360 e. The number of aromatic nitrogens is 1. The molecule has 0 aliphatic carbocycles. The third kappa shape index (κ3) is 4.58. The highest BCUT2D eigenvalue weighted by Crippen LogP contribution is 2.30. The van der Waals surface area contributed by atoms with E-state index < -0.39 is 0 Å². The molecule has 0 unspecified atom stereocenters. The summed E-state index contributed by atoms with van der Waals surface area (Å²) in [6, 6.07) is 7.31. The summed E-state index contributed by atoms with van der Waals surface area (Å²) in [6.45, 7) is 4.59. The van der Waals surface area contributed by atoms with Crippen molar-refractivity contribution >= 4 is 17.5 Å². The molecule has 1 aromatic carbocycles. The predicted molar refractivity (Wildman–Crippen MR) is 92.8 cm³/mol. The van der Waals surface area contributed by atoms with Crippen molar-refractivity contribution in [3.05, 3.63) is 40.6 Å². The van der Waals surface area contributed by atoms with Crippen LogP contribution in [0.25, 0.3) is 11.3 Å². The molecule has 0 saturated carbocycles. The Balaban J connectivity index is 2.04. The van der Waals surface area contributed by atoms with Gasteiger partial charge < -0.3 is 9.84 Å². The number of amides is 1. The number of hydrogen-bond donors (Lipinski definition) is 1. The van der Waals surface area contributed by atoms with E-state index in [2.05, 4.69) is 17.4 Å². The second-order valence-corrected chi connectivity index (χ2v) is 6.02. The van der Waals surface area contributed by atoms with E-state index in [1.807, 2.05) is 18.2 Å². The van der Waals surface area contributed by atoms with E-state index in [4.69, 9.17) is 16.1 Å². The van der Waals surface area contributed by atoms with Crippen LogP contribution in [-0.4, -0.2) is 17.6 Å². The normalized spacial score (nSPS) is 10.7. The summed E-state index contributed by atoms with van der Waals surface area (Å²) in [5.41, 5.74) is 1.67. The minimum absolute atomic E-state index is 0.158. The third-order valence-electron chi connectivity index (χ3n) is 3.78. The Morgan fingerprint density at radius 2 is 1.96 bits per heavy atom. The highest BCUT2D eigenvalue weighted by atomic mass is 35.5. The number of nitrogens with zero attached hydrogens (tertiary/aromatic N) is 1. The number of benzene rings is 1. The molecule has 1 aromatic heterocycles. The smallest absolute Gasteiger partial charge is 0.257 e. The van der Waals surface area contributed by atoms with Crippen LogP contribution in [0.4, 0.5) is 0 Å². The van der Waals surface area contributed by atoms with Gasteiger partial charge in [0.2, 0.25) is 0 Å². The summed E-state index contributed by atoms with van der Waals surface area (Å²) < 4.78 is 5.22. The molecule has 23 heavy (non-hydrogen) atoms. The first-order valence-corrected chi connectivity index (χ1v) is 8.52. The summed E-state index contributed by atoms with van der Waals surface area (Å²) in [7, 11) is 0. The Bertz CT molecular complexity index is 652. The van der Waals surface area contributed by atoms with Crippen LogP contribution >= 0.6 is 11.6 Å². The lowest BCUT2D eigenvalue weighted by Crippen LogP contribution is -2.25. The molecule has 0 saturated heterocycles. The maximum atomic E-state index is 12.5. The van der Waals surface area contributed by atoms with Crippen molar-refractivity contribution in [3.63, 3.8) is 0 Å². The van der Waals surface area contributed by atoms with Crippen LogP contribution in [0, 0.1) is 6.92 Å². The van der Waals surface area contributed by atoms with Gasteiger partial charge in [-0.2, -0.15) is 0 Å². The van der Waals surface area contributed by atoms with Crippen LogP contribution in [-0.2, 0) is 0 Å². The fraction of sp³-hybridized carbons (Fsp3) is 0.444. The minimum atomic E-state index is -0.158. The molecule has 0 aliphatic rings. The van der Waals surface area contributed by atoms with Gasteiger partial charge in [0.1, 0.15) is 17.0 Å². The van der Waals surface area contributed by atoms with Crippen molar-refractivity contribution in [3.8, 4) is 11.3 Å². The van der Waals surface area contributed by atoms with Crippen LogP contribution in [0.2, 0.25) is 5.02 Å². The molecule has 1 heterocycles. The average molecular weight is 335 g/mol.